The molecule has 0 aliphatic carbocycles. The molecule has 0 atom stereocenters. The Morgan fingerprint density at radius 2 is 1.20 bits per heavy atom. The van der Waals surface area contributed by atoms with Gasteiger partial charge in [0.05, 0.1) is 0 Å². The molecule has 0 fully saturated rings. The zero-order chi connectivity index (χ0) is 32.3. The molecule has 0 spiro atoms. The number of fused-ring (bicyclic) bond motifs is 2. The number of aryl methyl sites for hydroxylation is 1. The van der Waals surface area contributed by atoms with Gasteiger partial charge in [-0.15, -0.1) is 68.6 Å². The molecule has 6 aromatic carbocycles. The molecule has 2 radical (unpaired) electrons. The predicted molar refractivity (Wildman–Crippen MR) is 197 cm³/mol. The molecule has 4 heteroatoms. The van der Waals surface area contributed by atoms with Gasteiger partial charge in [-0.2, -0.15) is 12.1 Å². The summed E-state index contributed by atoms with van der Waals surface area (Å²) in [7, 11) is 11.0. The van der Waals surface area contributed by atoms with Gasteiger partial charge >= 0.3 is 37.9 Å². The summed E-state index contributed by atoms with van der Waals surface area (Å²) >= 11 is -0.826. The number of hydrogen-bond acceptors (Lipinski definition) is 0. The molecule has 0 nitrogen and oxygen atoms in total. The van der Waals surface area contributed by atoms with Crippen molar-refractivity contribution in [3.63, 3.8) is 0 Å². The molecule has 0 aliphatic heterocycles. The Hall–Kier alpha value is -2.22. The van der Waals surface area contributed by atoms with Crippen molar-refractivity contribution in [3.8, 4) is 22.3 Å². The standard InChI is InChI=1S/C20H21.C18H17.C2H6Si.2ClH.Zr/c1-14-12-17-16(15-8-6-5-7-9-15)10-11-19(18(17)13-14)20(2,3)4;1-13(2)16-11-15-9-6-10-17(18(15)12-16)14-7-4-3-5-8-14;1-3-2;;;/h5-13H,1-4H3;3-13H,1-2H3;1-2H3;2*1H;/q2*-1;;;;+4/p-2. The van der Waals surface area contributed by atoms with Crippen molar-refractivity contribution < 1.29 is 20.8 Å². The summed E-state index contributed by atoms with van der Waals surface area (Å²) in [5.74, 6) is 0.584. The van der Waals surface area contributed by atoms with Crippen LogP contribution in [0.3, 0.4) is 0 Å². The van der Waals surface area contributed by atoms with E-state index in [4.69, 9.17) is 17.0 Å². The van der Waals surface area contributed by atoms with Gasteiger partial charge in [-0.25, -0.2) is 0 Å². The van der Waals surface area contributed by atoms with E-state index in [2.05, 4.69) is 170 Å². The van der Waals surface area contributed by atoms with Crippen LogP contribution < -0.4 is 0 Å². The molecule has 0 saturated carbocycles. The van der Waals surface area contributed by atoms with Crippen LogP contribution in [0.4, 0.5) is 0 Å². The summed E-state index contributed by atoms with van der Waals surface area (Å²) in [5, 5.41) is 5.49. The summed E-state index contributed by atoms with van der Waals surface area (Å²) in [6.07, 6.45) is 0. The Bertz CT molecular complexity index is 1710. The molecular formula is C40H44Cl2SiZr. The van der Waals surface area contributed by atoms with Crippen molar-refractivity contribution in [2.75, 3.05) is 0 Å². The molecule has 6 rings (SSSR count). The first-order chi connectivity index (χ1) is 21.0. The van der Waals surface area contributed by atoms with Crippen molar-refractivity contribution >= 4 is 48.1 Å². The second kappa shape index (κ2) is 17.5. The Morgan fingerprint density at radius 1 is 0.682 bits per heavy atom. The molecule has 0 saturated heterocycles. The van der Waals surface area contributed by atoms with Gasteiger partial charge in [-0.1, -0.05) is 139 Å². The van der Waals surface area contributed by atoms with Gasteiger partial charge in [0.2, 0.25) is 0 Å². The van der Waals surface area contributed by atoms with Gasteiger partial charge < -0.3 is 0 Å². The van der Waals surface area contributed by atoms with Crippen LogP contribution in [-0.4, -0.2) is 9.52 Å². The molecule has 44 heavy (non-hydrogen) atoms. The first-order valence-corrected chi connectivity index (χ1v) is 23.4. The third-order valence-corrected chi connectivity index (χ3v) is 7.45. The van der Waals surface area contributed by atoms with E-state index >= 15 is 0 Å². The zero-order valence-corrected chi connectivity index (χ0v) is 32.3. The molecule has 0 amide bonds. The first-order valence-electron chi connectivity index (χ1n) is 15.1. The van der Waals surface area contributed by atoms with Gasteiger partial charge in [0.25, 0.3) is 0 Å². The van der Waals surface area contributed by atoms with Gasteiger partial charge in [-0.3, -0.25) is 0 Å². The third-order valence-electron chi connectivity index (χ3n) is 7.45. The summed E-state index contributed by atoms with van der Waals surface area (Å²) in [6.45, 7) is 17.8. The van der Waals surface area contributed by atoms with Crippen LogP contribution in [-0.2, 0) is 26.3 Å². The number of rotatable bonds is 3. The van der Waals surface area contributed by atoms with E-state index in [1.54, 1.807) is 0 Å². The molecule has 0 heterocycles. The minimum absolute atomic E-state index is 0.175. The number of halogens is 2. The van der Waals surface area contributed by atoms with Crippen LogP contribution in [0, 0.1) is 6.92 Å². The molecule has 0 bridgehead atoms. The Kier molecular flexibility index (Phi) is 14.4. The summed E-state index contributed by atoms with van der Waals surface area (Å²) < 4.78 is 0. The van der Waals surface area contributed by atoms with Crippen LogP contribution >= 0.6 is 17.0 Å². The van der Waals surface area contributed by atoms with E-state index in [0.717, 1.165) is 9.52 Å². The summed E-state index contributed by atoms with van der Waals surface area (Å²) in [6, 6.07) is 41.7. The second-order valence-electron chi connectivity index (χ2n) is 12.3. The first kappa shape index (κ1) is 36.3. The predicted octanol–water partition coefficient (Wildman–Crippen LogP) is 13.3. The fourth-order valence-corrected chi connectivity index (χ4v) is 5.43. The van der Waals surface area contributed by atoms with Crippen molar-refractivity contribution in [3.05, 3.63) is 132 Å². The van der Waals surface area contributed by atoms with E-state index in [1.807, 2.05) is 0 Å². The fourth-order valence-electron chi connectivity index (χ4n) is 5.43. The Balaban J connectivity index is 0.000000205. The van der Waals surface area contributed by atoms with Crippen LogP contribution in [0.5, 0.6) is 0 Å². The molecule has 6 aromatic rings. The molecule has 0 aromatic heterocycles. The quantitative estimate of drug-likeness (QED) is 0.126. The third kappa shape index (κ3) is 9.64. The van der Waals surface area contributed by atoms with Crippen molar-refractivity contribution in [2.24, 2.45) is 0 Å². The number of benzene rings is 4. The maximum atomic E-state index is 4.93. The van der Waals surface area contributed by atoms with Gasteiger partial charge in [0.15, 0.2) is 0 Å². The minimum atomic E-state index is -0.826. The van der Waals surface area contributed by atoms with Gasteiger partial charge in [-0.05, 0) is 22.5 Å². The van der Waals surface area contributed by atoms with Crippen LogP contribution in [0.25, 0.3) is 43.8 Å². The normalized spacial score (nSPS) is 10.7. The molecular weight excluding hydrogens is 671 g/mol. The van der Waals surface area contributed by atoms with Gasteiger partial charge in [0, 0.05) is 9.52 Å². The summed E-state index contributed by atoms with van der Waals surface area (Å²) in [4.78, 5) is 0. The average Bonchev–Trinajstić information content (AvgIpc) is 3.62. The SMILES string of the molecule is CC(C)c1cc2c(-c3ccccc3)cccc2[cH-]1.C[Si]C.Cc1cc2c(-c3ccccc3)ccc(C(C)(C)C)c2[cH-]1.[Cl][Zr+2][Cl]. The summed E-state index contributed by atoms with van der Waals surface area (Å²) in [5.41, 5.74) is 9.63. The Labute approximate surface area is 287 Å². The zero-order valence-electron chi connectivity index (χ0n) is 27.3. The van der Waals surface area contributed by atoms with Crippen LogP contribution in [0.2, 0.25) is 13.1 Å². The topological polar surface area (TPSA) is 0 Å². The number of hydrogen-bond donors (Lipinski definition) is 0. The molecule has 0 unspecified atom stereocenters. The van der Waals surface area contributed by atoms with Crippen LogP contribution in [0.15, 0.2) is 115 Å². The van der Waals surface area contributed by atoms with Crippen molar-refractivity contribution in [1.29, 1.82) is 0 Å². The molecule has 0 N–H and O–H groups in total. The van der Waals surface area contributed by atoms with E-state index in [9.17, 15) is 0 Å². The second-order valence-corrected chi connectivity index (χ2v) is 17.1. The average molecular weight is 715 g/mol. The fraction of sp³-hybridized carbons (Fsp3) is 0.250. The van der Waals surface area contributed by atoms with Crippen molar-refractivity contribution in [2.45, 2.75) is 66.0 Å². The van der Waals surface area contributed by atoms with Gasteiger partial charge in [0.1, 0.15) is 0 Å². The molecule has 0 aliphatic rings. The van der Waals surface area contributed by atoms with E-state index < -0.39 is 20.8 Å². The van der Waals surface area contributed by atoms with E-state index in [-0.39, 0.29) is 5.41 Å². The monoisotopic (exact) mass is 712 g/mol. The maximum absolute atomic E-state index is 4.93. The van der Waals surface area contributed by atoms with E-state index in [1.165, 1.54) is 60.5 Å². The van der Waals surface area contributed by atoms with Crippen LogP contribution in [0.1, 0.15) is 57.2 Å². The van der Waals surface area contributed by atoms with Crippen molar-refractivity contribution in [1.82, 2.24) is 0 Å². The Morgan fingerprint density at radius 3 is 1.70 bits per heavy atom. The molecule has 226 valence electrons. The van der Waals surface area contributed by atoms with E-state index in [0.29, 0.717) is 5.92 Å².